The minimum atomic E-state index is -0.500. The van der Waals surface area contributed by atoms with Gasteiger partial charge in [-0.2, -0.15) is 5.10 Å². The van der Waals surface area contributed by atoms with Gasteiger partial charge in [-0.05, 0) is 46.1 Å². The number of likely N-dealkylation sites (tertiary alicyclic amines) is 1. The van der Waals surface area contributed by atoms with Crippen molar-refractivity contribution in [2.24, 2.45) is 0 Å². The van der Waals surface area contributed by atoms with E-state index < -0.39 is 5.60 Å². The van der Waals surface area contributed by atoms with Gasteiger partial charge < -0.3 is 4.74 Å². The zero-order valence-corrected chi connectivity index (χ0v) is 16.7. The van der Waals surface area contributed by atoms with Gasteiger partial charge in [0.15, 0.2) is 0 Å². The van der Waals surface area contributed by atoms with Gasteiger partial charge in [-0.15, -0.1) is 11.3 Å². The van der Waals surface area contributed by atoms with Crippen molar-refractivity contribution in [2.75, 3.05) is 6.54 Å². The van der Waals surface area contributed by atoms with Crippen LogP contribution in [0.1, 0.15) is 51.8 Å². The number of fused-ring (bicyclic) bond motifs is 1. The van der Waals surface area contributed by atoms with Crippen LogP contribution in [-0.4, -0.2) is 38.3 Å². The van der Waals surface area contributed by atoms with Crippen LogP contribution in [0.25, 0.3) is 21.6 Å². The lowest BCUT2D eigenvalue weighted by Gasteiger charge is -2.35. The lowest BCUT2D eigenvalue weighted by molar-refractivity contribution is 0.00908. The molecule has 1 unspecified atom stereocenters. The van der Waals surface area contributed by atoms with E-state index in [9.17, 15) is 4.79 Å². The van der Waals surface area contributed by atoms with Crippen LogP contribution < -0.4 is 0 Å². The van der Waals surface area contributed by atoms with Gasteiger partial charge in [-0.25, -0.2) is 9.78 Å². The Morgan fingerprint density at radius 3 is 2.93 bits per heavy atom. The molecule has 2 aromatic heterocycles. The molecule has 0 radical (unpaired) electrons. The van der Waals surface area contributed by atoms with E-state index in [4.69, 9.17) is 9.72 Å². The molecule has 1 aromatic carbocycles. The highest BCUT2D eigenvalue weighted by molar-refractivity contribution is 7.13. The molecule has 1 fully saturated rings. The maximum Gasteiger partial charge on any atom is 0.410 e. The number of para-hydroxylation sites is 1. The maximum absolute atomic E-state index is 12.7. The summed E-state index contributed by atoms with van der Waals surface area (Å²) < 4.78 is 5.61. The van der Waals surface area contributed by atoms with Crippen LogP contribution in [0.4, 0.5) is 4.79 Å². The lowest BCUT2D eigenvalue weighted by Crippen LogP contribution is -2.42. The second kappa shape index (κ2) is 6.96. The fraction of sp³-hybridized carbons (Fsp3) is 0.450. The predicted octanol–water partition coefficient (Wildman–Crippen LogP) is 5.15. The Labute approximate surface area is 162 Å². The average molecular weight is 385 g/mol. The number of aromatic amines is 1. The highest BCUT2D eigenvalue weighted by Gasteiger charge is 2.33. The highest BCUT2D eigenvalue weighted by atomic mass is 32.1. The van der Waals surface area contributed by atoms with Gasteiger partial charge in [-0.3, -0.25) is 10.00 Å². The molecule has 1 aliphatic heterocycles. The molecule has 7 heteroatoms. The summed E-state index contributed by atoms with van der Waals surface area (Å²) in [6, 6.07) is 8.00. The smallest absolute Gasteiger partial charge is 0.410 e. The van der Waals surface area contributed by atoms with Crippen molar-refractivity contribution >= 4 is 28.3 Å². The summed E-state index contributed by atoms with van der Waals surface area (Å²) in [4.78, 5) is 19.3. The zero-order chi connectivity index (χ0) is 19.0. The summed E-state index contributed by atoms with van der Waals surface area (Å²) in [5.74, 6) is 0. The molecule has 4 rings (SSSR count). The Balaban J connectivity index is 1.62. The molecule has 6 nitrogen and oxygen atoms in total. The average Bonchev–Trinajstić information content (AvgIpc) is 3.27. The number of aromatic nitrogens is 3. The number of carbonyl (C=O) groups excluding carboxylic acids is 1. The number of amides is 1. The lowest BCUT2D eigenvalue weighted by atomic mass is 10.0. The number of piperidine rings is 1. The number of nitrogens with one attached hydrogen (secondary N) is 1. The molecule has 1 saturated heterocycles. The summed E-state index contributed by atoms with van der Waals surface area (Å²) in [5.41, 5.74) is 2.28. The fourth-order valence-electron chi connectivity index (χ4n) is 3.45. The molecule has 1 atom stereocenters. The Kier molecular flexibility index (Phi) is 4.63. The van der Waals surface area contributed by atoms with Crippen LogP contribution in [0, 0.1) is 0 Å². The Bertz CT molecular complexity index is 956. The van der Waals surface area contributed by atoms with Crippen molar-refractivity contribution in [2.45, 2.75) is 51.7 Å². The Morgan fingerprint density at radius 1 is 1.30 bits per heavy atom. The van der Waals surface area contributed by atoms with E-state index in [1.165, 1.54) is 0 Å². The van der Waals surface area contributed by atoms with E-state index >= 15 is 0 Å². The van der Waals surface area contributed by atoms with Gasteiger partial charge in [-0.1, -0.05) is 18.2 Å². The molecule has 0 saturated carbocycles. The largest absolute Gasteiger partial charge is 0.444 e. The van der Waals surface area contributed by atoms with Gasteiger partial charge in [0.2, 0.25) is 0 Å². The normalized spacial score (nSPS) is 18.0. The van der Waals surface area contributed by atoms with Gasteiger partial charge in [0.1, 0.15) is 16.3 Å². The molecule has 0 bridgehead atoms. The molecule has 3 aromatic rings. The predicted molar refractivity (Wildman–Crippen MR) is 107 cm³/mol. The number of hydrogen-bond donors (Lipinski definition) is 1. The number of carbonyl (C=O) groups is 1. The van der Waals surface area contributed by atoms with E-state index in [0.29, 0.717) is 6.54 Å². The third-order valence-corrected chi connectivity index (χ3v) is 5.53. The first kappa shape index (κ1) is 18.0. The summed E-state index contributed by atoms with van der Waals surface area (Å²) in [7, 11) is 0. The van der Waals surface area contributed by atoms with Gasteiger partial charge in [0.25, 0.3) is 0 Å². The van der Waals surface area contributed by atoms with Crippen molar-refractivity contribution in [3.8, 4) is 10.7 Å². The molecule has 1 aliphatic rings. The Hall–Kier alpha value is -2.41. The van der Waals surface area contributed by atoms with Crippen LogP contribution in [-0.2, 0) is 4.74 Å². The number of hydrogen-bond acceptors (Lipinski definition) is 5. The minimum absolute atomic E-state index is 0.0381. The number of H-pyrrole nitrogens is 1. The van der Waals surface area contributed by atoms with E-state index in [-0.39, 0.29) is 12.1 Å². The third-order valence-electron chi connectivity index (χ3n) is 4.67. The van der Waals surface area contributed by atoms with E-state index in [1.807, 2.05) is 55.3 Å². The topological polar surface area (TPSA) is 71.1 Å². The fourth-order valence-corrected chi connectivity index (χ4v) is 4.32. The van der Waals surface area contributed by atoms with Crippen LogP contribution in [0.2, 0.25) is 0 Å². The first-order chi connectivity index (χ1) is 12.9. The monoisotopic (exact) mass is 384 g/mol. The maximum atomic E-state index is 12.7. The number of thiazole rings is 1. The van der Waals surface area contributed by atoms with Crippen LogP contribution in [0.5, 0.6) is 0 Å². The van der Waals surface area contributed by atoms with Crippen LogP contribution in [0.15, 0.2) is 29.6 Å². The molecule has 1 amide bonds. The molecular formula is C20H24N4O2S. The zero-order valence-electron chi connectivity index (χ0n) is 15.9. The van der Waals surface area contributed by atoms with Gasteiger partial charge in [0, 0.05) is 17.3 Å². The van der Waals surface area contributed by atoms with Crippen LogP contribution in [0.3, 0.4) is 0 Å². The first-order valence-corrected chi connectivity index (χ1v) is 10.2. The molecule has 142 valence electrons. The van der Waals surface area contributed by atoms with Gasteiger partial charge >= 0.3 is 6.09 Å². The second-order valence-electron chi connectivity index (χ2n) is 7.88. The number of nitrogens with zero attached hydrogens (tertiary/aromatic N) is 3. The van der Waals surface area contributed by atoms with Crippen molar-refractivity contribution in [3.63, 3.8) is 0 Å². The molecule has 1 N–H and O–H groups in total. The van der Waals surface area contributed by atoms with E-state index in [0.717, 1.165) is 46.6 Å². The standard InChI is InChI=1S/C20H24N4O2S/c1-20(2,3)26-19(25)24-11-7-6-10-16(24)15-12-27-18(21-15)17-13-8-4-5-9-14(13)22-23-17/h4-5,8-9,12,16H,6-7,10-11H2,1-3H3,(H,22,23). The second-order valence-corrected chi connectivity index (χ2v) is 8.74. The van der Waals surface area contributed by atoms with E-state index in [2.05, 4.69) is 10.2 Å². The Morgan fingerprint density at radius 2 is 2.11 bits per heavy atom. The summed E-state index contributed by atoms with van der Waals surface area (Å²) in [6.07, 6.45) is 2.73. The summed E-state index contributed by atoms with van der Waals surface area (Å²) in [6.45, 7) is 6.40. The van der Waals surface area contributed by atoms with Crippen molar-refractivity contribution in [3.05, 3.63) is 35.3 Å². The quantitative estimate of drug-likeness (QED) is 0.663. The molecule has 27 heavy (non-hydrogen) atoms. The van der Waals surface area contributed by atoms with Gasteiger partial charge in [0.05, 0.1) is 17.3 Å². The minimum Gasteiger partial charge on any atom is -0.444 e. The van der Waals surface area contributed by atoms with Crippen molar-refractivity contribution < 1.29 is 9.53 Å². The molecule has 0 spiro atoms. The molecule has 3 heterocycles. The van der Waals surface area contributed by atoms with Crippen molar-refractivity contribution in [1.29, 1.82) is 0 Å². The first-order valence-electron chi connectivity index (χ1n) is 9.31. The number of rotatable bonds is 2. The molecular weight excluding hydrogens is 360 g/mol. The SMILES string of the molecule is CC(C)(C)OC(=O)N1CCCCC1c1csc(-c2n[nH]c3ccccc23)n1. The third kappa shape index (κ3) is 3.69. The number of ether oxygens (including phenoxy) is 1. The molecule has 0 aliphatic carbocycles. The number of benzene rings is 1. The van der Waals surface area contributed by atoms with Crippen molar-refractivity contribution in [1.82, 2.24) is 20.1 Å². The van der Waals surface area contributed by atoms with Crippen LogP contribution >= 0.6 is 11.3 Å². The van der Waals surface area contributed by atoms with E-state index in [1.54, 1.807) is 11.3 Å². The summed E-state index contributed by atoms with van der Waals surface area (Å²) in [5, 5.41) is 11.5. The highest BCUT2D eigenvalue weighted by Crippen LogP contribution is 2.36. The summed E-state index contributed by atoms with van der Waals surface area (Å²) >= 11 is 1.57.